The molecule has 1 aromatic carbocycles. The standard InChI is InChI=1S/C24H36N2O/c1-6-13-20-18-19(7-2)24(22(9-4)21(20)8-3)27-17-12-16-26(5)23-14-10-11-15-25-23/h10-11,14-15,18H,6-9,12-13,16-17H2,1-5H3. The predicted molar refractivity (Wildman–Crippen MR) is 116 cm³/mol. The summed E-state index contributed by atoms with van der Waals surface area (Å²) in [4.78, 5) is 6.59. The number of aryl methyl sites for hydroxylation is 2. The van der Waals surface area contributed by atoms with E-state index in [4.69, 9.17) is 4.74 Å². The largest absolute Gasteiger partial charge is 0.493 e. The van der Waals surface area contributed by atoms with Gasteiger partial charge in [0.2, 0.25) is 0 Å². The molecule has 0 N–H and O–H groups in total. The molecule has 2 rings (SSSR count). The fraction of sp³-hybridized carbons (Fsp3) is 0.542. The summed E-state index contributed by atoms with van der Waals surface area (Å²) < 4.78 is 6.36. The average molecular weight is 369 g/mol. The van der Waals surface area contributed by atoms with Gasteiger partial charge in [0, 0.05) is 19.8 Å². The van der Waals surface area contributed by atoms with Crippen molar-refractivity contribution in [3.8, 4) is 5.75 Å². The van der Waals surface area contributed by atoms with Gasteiger partial charge in [0.1, 0.15) is 11.6 Å². The van der Waals surface area contributed by atoms with E-state index in [1.54, 1.807) is 0 Å². The lowest BCUT2D eigenvalue weighted by Gasteiger charge is -2.22. The first kappa shape index (κ1) is 21.3. The molecular weight excluding hydrogens is 332 g/mol. The Labute approximate surface area is 165 Å². The molecule has 0 spiro atoms. The van der Waals surface area contributed by atoms with Crippen LogP contribution in [0.3, 0.4) is 0 Å². The van der Waals surface area contributed by atoms with Gasteiger partial charge in [-0.3, -0.25) is 0 Å². The molecule has 0 saturated heterocycles. The minimum atomic E-state index is 0.744. The van der Waals surface area contributed by atoms with E-state index in [-0.39, 0.29) is 0 Å². The van der Waals surface area contributed by atoms with Gasteiger partial charge in [-0.25, -0.2) is 4.98 Å². The highest BCUT2D eigenvalue weighted by Gasteiger charge is 2.16. The zero-order valence-electron chi connectivity index (χ0n) is 17.8. The molecule has 0 unspecified atom stereocenters. The van der Waals surface area contributed by atoms with E-state index < -0.39 is 0 Å². The van der Waals surface area contributed by atoms with Crippen molar-refractivity contribution < 1.29 is 4.74 Å². The highest BCUT2D eigenvalue weighted by molar-refractivity contribution is 5.51. The van der Waals surface area contributed by atoms with Crippen molar-refractivity contribution >= 4 is 5.82 Å². The summed E-state index contributed by atoms with van der Waals surface area (Å²) in [5.41, 5.74) is 5.83. The van der Waals surface area contributed by atoms with Crippen LogP contribution in [-0.4, -0.2) is 25.2 Å². The second-order valence-corrected chi connectivity index (χ2v) is 7.10. The lowest BCUT2D eigenvalue weighted by atomic mass is 9.90. The summed E-state index contributed by atoms with van der Waals surface area (Å²) in [6.45, 7) is 10.7. The molecule has 27 heavy (non-hydrogen) atoms. The van der Waals surface area contributed by atoms with Gasteiger partial charge in [-0.05, 0) is 66.5 Å². The van der Waals surface area contributed by atoms with Crippen molar-refractivity contribution in [2.45, 2.75) is 66.2 Å². The van der Waals surface area contributed by atoms with Crippen LogP contribution >= 0.6 is 0 Å². The maximum atomic E-state index is 6.36. The Balaban J connectivity index is 2.08. The fourth-order valence-electron chi connectivity index (χ4n) is 3.81. The fourth-order valence-corrected chi connectivity index (χ4v) is 3.81. The molecule has 0 fully saturated rings. The number of nitrogens with zero attached hydrogens (tertiary/aromatic N) is 2. The minimum absolute atomic E-state index is 0.744. The number of rotatable bonds is 11. The van der Waals surface area contributed by atoms with Crippen LogP contribution in [0.15, 0.2) is 30.5 Å². The Morgan fingerprint density at radius 2 is 1.74 bits per heavy atom. The van der Waals surface area contributed by atoms with Crippen LogP contribution in [-0.2, 0) is 25.7 Å². The van der Waals surface area contributed by atoms with E-state index in [1.165, 1.54) is 35.1 Å². The summed E-state index contributed by atoms with van der Waals surface area (Å²) in [7, 11) is 2.09. The number of hydrogen-bond acceptors (Lipinski definition) is 3. The van der Waals surface area contributed by atoms with Crippen molar-refractivity contribution in [2.24, 2.45) is 0 Å². The first-order valence-electron chi connectivity index (χ1n) is 10.6. The van der Waals surface area contributed by atoms with Crippen LogP contribution in [0.1, 0.15) is 62.8 Å². The molecule has 1 heterocycles. The molecule has 0 aliphatic carbocycles. The lowest BCUT2D eigenvalue weighted by molar-refractivity contribution is 0.306. The van der Waals surface area contributed by atoms with Crippen molar-refractivity contribution in [1.29, 1.82) is 0 Å². The van der Waals surface area contributed by atoms with E-state index in [0.29, 0.717) is 0 Å². The highest BCUT2D eigenvalue weighted by atomic mass is 16.5. The molecule has 0 saturated carbocycles. The molecular formula is C24H36N2O. The topological polar surface area (TPSA) is 25.4 Å². The molecule has 0 aliphatic heterocycles. The van der Waals surface area contributed by atoms with E-state index in [0.717, 1.165) is 50.4 Å². The molecule has 0 atom stereocenters. The predicted octanol–water partition coefficient (Wildman–Crippen LogP) is 5.63. The van der Waals surface area contributed by atoms with Gasteiger partial charge in [-0.2, -0.15) is 0 Å². The van der Waals surface area contributed by atoms with Crippen molar-refractivity contribution in [2.75, 3.05) is 25.1 Å². The number of hydrogen-bond donors (Lipinski definition) is 0. The maximum absolute atomic E-state index is 6.36. The van der Waals surface area contributed by atoms with Gasteiger partial charge in [0.05, 0.1) is 6.61 Å². The first-order valence-corrected chi connectivity index (χ1v) is 10.6. The molecule has 0 amide bonds. The summed E-state index contributed by atoms with van der Waals surface area (Å²) in [6, 6.07) is 8.43. The number of pyridine rings is 1. The zero-order chi connectivity index (χ0) is 19.6. The Hall–Kier alpha value is -2.03. The molecule has 0 aliphatic rings. The Kier molecular flexibility index (Phi) is 8.63. The zero-order valence-corrected chi connectivity index (χ0v) is 17.8. The third-order valence-corrected chi connectivity index (χ3v) is 5.20. The van der Waals surface area contributed by atoms with Crippen LogP contribution in [0, 0.1) is 0 Å². The van der Waals surface area contributed by atoms with Crippen molar-refractivity contribution in [3.63, 3.8) is 0 Å². The van der Waals surface area contributed by atoms with Crippen LogP contribution in [0.4, 0.5) is 5.82 Å². The number of ether oxygens (including phenoxy) is 1. The van der Waals surface area contributed by atoms with Gasteiger partial charge in [0.15, 0.2) is 0 Å². The van der Waals surface area contributed by atoms with Gasteiger partial charge in [-0.15, -0.1) is 0 Å². The molecule has 0 bridgehead atoms. The Morgan fingerprint density at radius 1 is 0.963 bits per heavy atom. The van der Waals surface area contributed by atoms with Crippen molar-refractivity contribution in [3.05, 3.63) is 52.7 Å². The van der Waals surface area contributed by atoms with Gasteiger partial charge in [-0.1, -0.05) is 46.2 Å². The third kappa shape index (κ3) is 5.47. The van der Waals surface area contributed by atoms with Gasteiger partial charge < -0.3 is 9.64 Å². The number of aromatic nitrogens is 1. The smallest absolute Gasteiger partial charge is 0.128 e. The van der Waals surface area contributed by atoms with Gasteiger partial charge >= 0.3 is 0 Å². The van der Waals surface area contributed by atoms with E-state index in [2.05, 4.69) is 50.7 Å². The highest BCUT2D eigenvalue weighted by Crippen LogP contribution is 2.33. The van der Waals surface area contributed by atoms with Crippen LogP contribution < -0.4 is 9.64 Å². The second kappa shape index (κ2) is 11.0. The van der Waals surface area contributed by atoms with Crippen LogP contribution in [0.5, 0.6) is 5.75 Å². The van der Waals surface area contributed by atoms with E-state index >= 15 is 0 Å². The summed E-state index contributed by atoms with van der Waals surface area (Å²) in [5, 5.41) is 0. The lowest BCUT2D eigenvalue weighted by Crippen LogP contribution is -2.21. The minimum Gasteiger partial charge on any atom is -0.493 e. The van der Waals surface area contributed by atoms with Crippen LogP contribution in [0.2, 0.25) is 0 Å². The molecule has 3 nitrogen and oxygen atoms in total. The first-order chi connectivity index (χ1) is 13.2. The Morgan fingerprint density at radius 3 is 2.33 bits per heavy atom. The Bertz CT molecular complexity index is 697. The summed E-state index contributed by atoms with van der Waals surface area (Å²) in [6.07, 6.45) is 8.33. The summed E-state index contributed by atoms with van der Waals surface area (Å²) >= 11 is 0. The van der Waals surface area contributed by atoms with E-state index in [9.17, 15) is 0 Å². The molecule has 0 radical (unpaired) electrons. The molecule has 3 heteroatoms. The monoisotopic (exact) mass is 368 g/mol. The molecule has 148 valence electrons. The van der Waals surface area contributed by atoms with Gasteiger partial charge in [0.25, 0.3) is 0 Å². The maximum Gasteiger partial charge on any atom is 0.128 e. The van der Waals surface area contributed by atoms with E-state index in [1.807, 2.05) is 24.4 Å². The second-order valence-electron chi connectivity index (χ2n) is 7.10. The third-order valence-electron chi connectivity index (χ3n) is 5.20. The average Bonchev–Trinajstić information content (AvgIpc) is 2.71. The quantitative estimate of drug-likeness (QED) is 0.481. The number of anilines is 1. The SMILES string of the molecule is CCCc1cc(CC)c(OCCCN(C)c2ccccn2)c(CC)c1CC. The van der Waals surface area contributed by atoms with Crippen LogP contribution in [0.25, 0.3) is 0 Å². The molecule has 1 aromatic heterocycles. The summed E-state index contributed by atoms with van der Waals surface area (Å²) in [5.74, 6) is 2.16. The molecule has 2 aromatic rings. The number of benzene rings is 1. The van der Waals surface area contributed by atoms with Crippen molar-refractivity contribution in [1.82, 2.24) is 4.98 Å². The normalized spacial score (nSPS) is 10.9.